The zero-order valence-corrected chi connectivity index (χ0v) is 16.9. The highest BCUT2D eigenvalue weighted by Gasteiger charge is 2.31. The molecular weight excluding hydrogens is 417 g/mol. The van der Waals surface area contributed by atoms with Crippen molar-refractivity contribution in [1.29, 1.82) is 0 Å². The monoisotopic (exact) mass is 434 g/mol. The summed E-state index contributed by atoms with van der Waals surface area (Å²) in [7, 11) is 1.27. The molecule has 0 fully saturated rings. The van der Waals surface area contributed by atoms with E-state index in [9.17, 15) is 18.0 Å². The summed E-state index contributed by atoms with van der Waals surface area (Å²) in [4.78, 5) is 12.5. The van der Waals surface area contributed by atoms with Gasteiger partial charge in [0.15, 0.2) is 6.10 Å². The Labute approximate surface area is 169 Å². The SMILES string of the molecule is CCC(Oc1cc(Oc2ccc(C(F)(F)F)cc2Cl)ccc1SC)C(=O)OC. The number of esters is 1. The maximum absolute atomic E-state index is 12.8. The number of ether oxygens (including phenoxy) is 3. The van der Waals surface area contributed by atoms with Crippen LogP contribution in [0.4, 0.5) is 13.2 Å². The van der Waals surface area contributed by atoms with E-state index in [2.05, 4.69) is 0 Å². The molecule has 0 radical (unpaired) electrons. The molecule has 2 rings (SSSR count). The number of hydrogen-bond donors (Lipinski definition) is 0. The fourth-order valence-corrected chi connectivity index (χ4v) is 3.01. The van der Waals surface area contributed by atoms with Crippen molar-refractivity contribution in [3.05, 3.63) is 47.0 Å². The summed E-state index contributed by atoms with van der Waals surface area (Å²) in [6.45, 7) is 1.78. The molecule has 9 heteroatoms. The van der Waals surface area contributed by atoms with Gasteiger partial charge in [-0.1, -0.05) is 18.5 Å². The van der Waals surface area contributed by atoms with Crippen LogP contribution in [0.1, 0.15) is 18.9 Å². The summed E-state index contributed by atoms with van der Waals surface area (Å²) in [5, 5.41) is -0.174. The van der Waals surface area contributed by atoms with Crippen LogP contribution in [0.25, 0.3) is 0 Å². The largest absolute Gasteiger partial charge is 0.477 e. The first-order valence-electron chi connectivity index (χ1n) is 8.16. The van der Waals surface area contributed by atoms with Gasteiger partial charge in [0.2, 0.25) is 0 Å². The molecule has 0 heterocycles. The third kappa shape index (κ3) is 5.48. The summed E-state index contributed by atoms with van der Waals surface area (Å²) >= 11 is 7.34. The van der Waals surface area contributed by atoms with E-state index in [4.69, 9.17) is 25.8 Å². The number of halogens is 4. The molecule has 0 saturated carbocycles. The Kier molecular flexibility index (Phi) is 7.48. The average molecular weight is 435 g/mol. The van der Waals surface area contributed by atoms with Crippen LogP contribution >= 0.6 is 23.4 Å². The Morgan fingerprint density at radius 2 is 1.89 bits per heavy atom. The van der Waals surface area contributed by atoms with Crippen molar-refractivity contribution in [2.75, 3.05) is 13.4 Å². The van der Waals surface area contributed by atoms with Gasteiger partial charge in [0.05, 0.1) is 17.7 Å². The Morgan fingerprint density at radius 3 is 2.43 bits per heavy atom. The number of hydrogen-bond acceptors (Lipinski definition) is 5. The third-order valence-corrected chi connectivity index (χ3v) is 4.80. The van der Waals surface area contributed by atoms with Crippen LogP contribution in [-0.2, 0) is 15.7 Å². The van der Waals surface area contributed by atoms with Crippen LogP contribution in [0, 0.1) is 0 Å². The molecule has 0 saturated heterocycles. The number of alkyl halides is 3. The lowest BCUT2D eigenvalue weighted by molar-refractivity contribution is -0.149. The second-order valence-electron chi connectivity index (χ2n) is 5.60. The second-order valence-corrected chi connectivity index (χ2v) is 6.85. The molecule has 0 N–H and O–H groups in total. The van der Waals surface area contributed by atoms with Crippen molar-refractivity contribution >= 4 is 29.3 Å². The van der Waals surface area contributed by atoms with Gasteiger partial charge in [-0.3, -0.25) is 0 Å². The first-order valence-corrected chi connectivity index (χ1v) is 9.77. The van der Waals surface area contributed by atoms with Crippen LogP contribution in [0.15, 0.2) is 41.3 Å². The van der Waals surface area contributed by atoms with E-state index in [0.29, 0.717) is 17.9 Å². The molecule has 152 valence electrons. The zero-order chi connectivity index (χ0) is 20.9. The number of methoxy groups -OCH3 is 1. The molecule has 1 unspecified atom stereocenters. The van der Waals surface area contributed by atoms with Gasteiger partial charge in [-0.25, -0.2) is 4.79 Å². The quantitative estimate of drug-likeness (QED) is 0.383. The van der Waals surface area contributed by atoms with Crippen LogP contribution in [-0.4, -0.2) is 25.4 Å². The molecule has 28 heavy (non-hydrogen) atoms. The van der Waals surface area contributed by atoms with E-state index in [1.54, 1.807) is 25.1 Å². The molecule has 4 nitrogen and oxygen atoms in total. The van der Waals surface area contributed by atoms with Gasteiger partial charge in [-0.05, 0) is 43.0 Å². The molecule has 2 aromatic carbocycles. The minimum Gasteiger partial charge on any atom is -0.477 e. The minimum absolute atomic E-state index is 0.0672. The predicted molar refractivity (Wildman–Crippen MR) is 101 cm³/mol. The highest BCUT2D eigenvalue weighted by Crippen LogP contribution is 2.38. The third-order valence-electron chi connectivity index (χ3n) is 3.73. The molecule has 2 aromatic rings. The Hall–Kier alpha value is -2.06. The minimum atomic E-state index is -4.49. The van der Waals surface area contributed by atoms with E-state index < -0.39 is 23.8 Å². The van der Waals surface area contributed by atoms with Crippen LogP contribution in [0.5, 0.6) is 17.2 Å². The molecule has 0 aliphatic rings. The van der Waals surface area contributed by atoms with Crippen molar-refractivity contribution in [2.45, 2.75) is 30.5 Å². The second kappa shape index (κ2) is 9.43. The predicted octanol–water partition coefficient (Wildman–Crippen LogP) is 6.20. The Bertz CT molecular complexity index is 842. The fourth-order valence-electron chi connectivity index (χ4n) is 2.28. The molecule has 0 bridgehead atoms. The number of benzene rings is 2. The number of carbonyl (C=O) groups excluding carboxylic acids is 1. The van der Waals surface area contributed by atoms with Crippen molar-refractivity contribution < 1.29 is 32.2 Å². The van der Waals surface area contributed by atoms with E-state index in [1.165, 1.54) is 18.9 Å². The maximum Gasteiger partial charge on any atom is 0.416 e. The highest BCUT2D eigenvalue weighted by atomic mass is 35.5. The first kappa shape index (κ1) is 22.2. The van der Waals surface area contributed by atoms with Crippen LogP contribution in [0.3, 0.4) is 0 Å². The van der Waals surface area contributed by atoms with Gasteiger partial charge in [-0.15, -0.1) is 11.8 Å². The van der Waals surface area contributed by atoms with Gasteiger partial charge in [0.1, 0.15) is 17.2 Å². The molecule has 0 amide bonds. The van der Waals surface area contributed by atoms with Gasteiger partial charge < -0.3 is 14.2 Å². The summed E-state index contributed by atoms with van der Waals surface area (Å²) < 4.78 is 54.4. The molecule has 1 atom stereocenters. The topological polar surface area (TPSA) is 44.8 Å². The molecular formula is C19H18ClF3O4S. The number of rotatable bonds is 7. The van der Waals surface area contributed by atoms with Gasteiger partial charge in [-0.2, -0.15) is 13.2 Å². The highest BCUT2D eigenvalue weighted by molar-refractivity contribution is 7.98. The molecule has 0 aromatic heterocycles. The fraction of sp³-hybridized carbons (Fsp3) is 0.316. The lowest BCUT2D eigenvalue weighted by Crippen LogP contribution is -2.27. The van der Waals surface area contributed by atoms with Crippen molar-refractivity contribution in [1.82, 2.24) is 0 Å². The summed E-state index contributed by atoms with van der Waals surface area (Å²) in [6, 6.07) is 7.74. The maximum atomic E-state index is 12.8. The summed E-state index contributed by atoms with van der Waals surface area (Å²) in [5.41, 5.74) is -0.865. The summed E-state index contributed by atoms with van der Waals surface area (Å²) in [5.74, 6) is 0.253. The molecule has 0 aliphatic carbocycles. The van der Waals surface area contributed by atoms with E-state index >= 15 is 0 Å². The lowest BCUT2D eigenvalue weighted by atomic mass is 10.2. The van der Waals surface area contributed by atoms with Gasteiger partial charge in [0.25, 0.3) is 0 Å². The standard InChI is InChI=1S/C19H18ClF3O4S/c1-4-14(18(24)25-2)27-16-10-12(6-8-17(16)28-3)26-15-7-5-11(9-13(15)20)19(21,22)23/h5-10,14H,4H2,1-3H3. The van der Waals surface area contributed by atoms with E-state index in [-0.39, 0.29) is 10.8 Å². The summed E-state index contributed by atoms with van der Waals surface area (Å²) in [6.07, 6.45) is -3.04. The molecule has 0 aliphatic heterocycles. The number of thioether (sulfide) groups is 1. The van der Waals surface area contributed by atoms with Crippen LogP contribution in [0.2, 0.25) is 5.02 Å². The Balaban J connectivity index is 2.29. The van der Waals surface area contributed by atoms with Gasteiger partial charge >= 0.3 is 12.1 Å². The number of carbonyl (C=O) groups is 1. The zero-order valence-electron chi connectivity index (χ0n) is 15.3. The van der Waals surface area contributed by atoms with Crippen molar-refractivity contribution in [2.24, 2.45) is 0 Å². The van der Waals surface area contributed by atoms with E-state index in [0.717, 1.165) is 23.1 Å². The average Bonchev–Trinajstić information content (AvgIpc) is 2.66. The van der Waals surface area contributed by atoms with Crippen molar-refractivity contribution in [3.63, 3.8) is 0 Å². The smallest absolute Gasteiger partial charge is 0.416 e. The van der Waals surface area contributed by atoms with Gasteiger partial charge in [0, 0.05) is 11.0 Å². The Morgan fingerprint density at radius 1 is 1.18 bits per heavy atom. The molecule has 0 spiro atoms. The lowest BCUT2D eigenvalue weighted by Gasteiger charge is -2.18. The van der Waals surface area contributed by atoms with Crippen LogP contribution < -0.4 is 9.47 Å². The first-order chi connectivity index (χ1) is 13.2. The van der Waals surface area contributed by atoms with Crippen molar-refractivity contribution in [3.8, 4) is 17.2 Å². The van der Waals surface area contributed by atoms with E-state index in [1.807, 2.05) is 6.26 Å². The normalized spacial score (nSPS) is 12.4.